The van der Waals surface area contributed by atoms with Crippen LogP contribution >= 0.6 is 0 Å². The van der Waals surface area contributed by atoms with Gasteiger partial charge in [-0.05, 0) is 25.1 Å². The number of carbonyl (C=O) groups is 1. The van der Waals surface area contributed by atoms with Crippen LogP contribution in [-0.4, -0.2) is 77.9 Å². The van der Waals surface area contributed by atoms with Gasteiger partial charge in [-0.2, -0.15) is 0 Å². The summed E-state index contributed by atoms with van der Waals surface area (Å²) in [6.45, 7) is 5.95. The molecule has 0 radical (unpaired) electrons. The van der Waals surface area contributed by atoms with Crippen LogP contribution in [0.2, 0.25) is 0 Å². The number of para-hydroxylation sites is 2. The smallest absolute Gasteiger partial charge is 0.273 e. The Labute approximate surface area is 163 Å². The van der Waals surface area contributed by atoms with Gasteiger partial charge in [0.25, 0.3) is 5.91 Å². The van der Waals surface area contributed by atoms with Crippen LogP contribution < -0.4 is 14.8 Å². The van der Waals surface area contributed by atoms with Crippen molar-refractivity contribution in [1.29, 1.82) is 0 Å². The maximum Gasteiger partial charge on any atom is 0.273 e. The summed E-state index contributed by atoms with van der Waals surface area (Å²) < 4.78 is 18.6. The largest absolute Gasteiger partial charge is 0.486 e. The molecule has 1 N–H and O–H groups in total. The summed E-state index contributed by atoms with van der Waals surface area (Å²) in [5.74, 6) is 1.26. The number of nitrogens with zero attached hydrogens (tertiary/aromatic N) is 4. The van der Waals surface area contributed by atoms with Gasteiger partial charge in [-0.1, -0.05) is 17.3 Å². The van der Waals surface area contributed by atoms with Crippen LogP contribution in [0.3, 0.4) is 0 Å². The van der Waals surface area contributed by atoms with Crippen molar-refractivity contribution in [2.75, 3.05) is 46.0 Å². The Balaban J connectivity index is 1.21. The normalized spacial score (nSPS) is 19.4. The van der Waals surface area contributed by atoms with Gasteiger partial charge in [0.1, 0.15) is 6.61 Å². The molecule has 3 heterocycles. The number of ether oxygens (including phenoxy) is 3. The van der Waals surface area contributed by atoms with Crippen molar-refractivity contribution in [1.82, 2.24) is 25.2 Å². The lowest BCUT2D eigenvalue weighted by Gasteiger charge is -2.26. The lowest BCUT2D eigenvalue weighted by Crippen LogP contribution is -2.38. The summed E-state index contributed by atoms with van der Waals surface area (Å²) >= 11 is 0. The van der Waals surface area contributed by atoms with E-state index in [1.807, 2.05) is 24.3 Å². The van der Waals surface area contributed by atoms with Crippen molar-refractivity contribution in [3.8, 4) is 11.5 Å². The van der Waals surface area contributed by atoms with E-state index in [-0.39, 0.29) is 12.0 Å². The van der Waals surface area contributed by atoms with Crippen LogP contribution in [0.1, 0.15) is 16.9 Å². The highest BCUT2D eigenvalue weighted by molar-refractivity contribution is 5.91. The zero-order chi connectivity index (χ0) is 19.2. The van der Waals surface area contributed by atoms with Crippen LogP contribution in [0.15, 0.2) is 30.5 Å². The average molecular weight is 387 g/mol. The van der Waals surface area contributed by atoms with Crippen LogP contribution in [0.25, 0.3) is 0 Å². The number of benzene rings is 1. The topological polar surface area (TPSA) is 90.7 Å². The predicted molar refractivity (Wildman–Crippen MR) is 101 cm³/mol. The van der Waals surface area contributed by atoms with Gasteiger partial charge < -0.3 is 19.5 Å². The Kier molecular flexibility index (Phi) is 6.03. The summed E-state index contributed by atoms with van der Waals surface area (Å²) in [5, 5.41) is 10.9. The van der Waals surface area contributed by atoms with E-state index >= 15 is 0 Å². The number of morpholine rings is 1. The molecule has 1 atom stereocenters. The van der Waals surface area contributed by atoms with Gasteiger partial charge >= 0.3 is 0 Å². The minimum atomic E-state index is -0.209. The summed E-state index contributed by atoms with van der Waals surface area (Å²) in [6.07, 6.45) is 2.36. The summed E-state index contributed by atoms with van der Waals surface area (Å²) in [4.78, 5) is 14.6. The molecule has 2 aromatic rings. The second-order valence-corrected chi connectivity index (χ2v) is 6.89. The standard InChI is InChI=1S/C19H25N5O4/c25-19(20-6-3-7-23-8-10-26-11-9-23)16-13-24(22-21-16)12-15-14-27-17-4-1-2-5-18(17)28-15/h1-2,4-5,13,15H,3,6-12,14H2,(H,20,25). The molecular weight excluding hydrogens is 362 g/mol. The maximum atomic E-state index is 12.2. The van der Waals surface area contributed by atoms with E-state index in [9.17, 15) is 4.79 Å². The monoisotopic (exact) mass is 387 g/mol. The second-order valence-electron chi connectivity index (χ2n) is 6.89. The third-order valence-corrected chi connectivity index (χ3v) is 4.77. The predicted octanol–water partition coefficient (Wildman–Crippen LogP) is 0.570. The number of nitrogens with one attached hydrogen (secondary N) is 1. The van der Waals surface area contributed by atoms with Gasteiger partial charge in [0.15, 0.2) is 23.3 Å². The third kappa shape index (κ3) is 4.79. The van der Waals surface area contributed by atoms with Crippen molar-refractivity contribution in [3.05, 3.63) is 36.2 Å². The maximum absolute atomic E-state index is 12.2. The van der Waals surface area contributed by atoms with Crippen molar-refractivity contribution in [2.45, 2.75) is 19.1 Å². The molecule has 2 aliphatic rings. The molecule has 0 bridgehead atoms. The lowest BCUT2D eigenvalue weighted by atomic mass is 10.2. The highest BCUT2D eigenvalue weighted by atomic mass is 16.6. The minimum Gasteiger partial charge on any atom is -0.486 e. The van der Waals surface area contributed by atoms with Gasteiger partial charge in [0, 0.05) is 19.6 Å². The fraction of sp³-hybridized carbons (Fsp3) is 0.526. The second kappa shape index (κ2) is 9.03. The molecule has 28 heavy (non-hydrogen) atoms. The van der Waals surface area contributed by atoms with Gasteiger partial charge in [0.2, 0.25) is 0 Å². The summed E-state index contributed by atoms with van der Waals surface area (Å²) in [5.41, 5.74) is 0.309. The highest BCUT2D eigenvalue weighted by Crippen LogP contribution is 2.31. The molecule has 2 aliphatic heterocycles. The number of hydrogen-bond acceptors (Lipinski definition) is 7. The zero-order valence-corrected chi connectivity index (χ0v) is 15.7. The molecule has 1 unspecified atom stereocenters. The van der Waals surface area contributed by atoms with E-state index in [0.29, 0.717) is 25.4 Å². The molecule has 1 saturated heterocycles. The molecule has 1 aromatic carbocycles. The first-order valence-electron chi connectivity index (χ1n) is 9.65. The summed E-state index contributed by atoms with van der Waals surface area (Å²) in [7, 11) is 0. The van der Waals surface area contributed by atoms with E-state index in [4.69, 9.17) is 14.2 Å². The first kappa shape index (κ1) is 18.7. The van der Waals surface area contributed by atoms with E-state index in [1.165, 1.54) is 0 Å². The fourth-order valence-electron chi connectivity index (χ4n) is 3.27. The average Bonchev–Trinajstić information content (AvgIpc) is 3.20. The molecule has 4 rings (SSSR count). The number of carbonyl (C=O) groups excluding carboxylic acids is 1. The molecular formula is C19H25N5O4. The Morgan fingerprint density at radius 1 is 1.21 bits per heavy atom. The van der Waals surface area contributed by atoms with Crippen molar-refractivity contribution in [3.63, 3.8) is 0 Å². The third-order valence-electron chi connectivity index (χ3n) is 4.77. The van der Waals surface area contributed by atoms with Crippen molar-refractivity contribution in [2.24, 2.45) is 0 Å². The van der Waals surface area contributed by atoms with Crippen molar-refractivity contribution < 1.29 is 19.0 Å². The first-order chi connectivity index (χ1) is 13.8. The Bertz CT molecular complexity index is 790. The van der Waals surface area contributed by atoms with Gasteiger partial charge in [-0.15, -0.1) is 5.10 Å². The number of rotatable bonds is 7. The molecule has 0 aliphatic carbocycles. The minimum absolute atomic E-state index is 0.180. The van der Waals surface area contributed by atoms with Gasteiger partial charge in [0.05, 0.1) is 26.0 Å². The number of fused-ring (bicyclic) bond motifs is 1. The van der Waals surface area contributed by atoms with Crippen LogP contribution in [0, 0.1) is 0 Å². The Hall–Kier alpha value is -2.65. The van der Waals surface area contributed by atoms with Crippen molar-refractivity contribution >= 4 is 5.91 Å². The SMILES string of the molecule is O=C(NCCCN1CCOCC1)c1cn(CC2COc3ccccc3O2)nn1. The molecule has 9 heteroatoms. The zero-order valence-electron chi connectivity index (χ0n) is 15.7. The molecule has 0 saturated carbocycles. The van der Waals surface area contributed by atoms with Crippen LogP contribution in [-0.2, 0) is 11.3 Å². The van der Waals surface area contributed by atoms with E-state index in [2.05, 4.69) is 20.5 Å². The van der Waals surface area contributed by atoms with Gasteiger partial charge in [-0.3, -0.25) is 9.69 Å². The van der Waals surface area contributed by atoms with Crippen LogP contribution in [0.5, 0.6) is 11.5 Å². The molecule has 150 valence electrons. The lowest BCUT2D eigenvalue weighted by molar-refractivity contribution is 0.0374. The molecule has 9 nitrogen and oxygen atoms in total. The van der Waals surface area contributed by atoms with E-state index in [1.54, 1.807) is 10.9 Å². The van der Waals surface area contributed by atoms with E-state index < -0.39 is 0 Å². The molecule has 1 aromatic heterocycles. The molecule has 1 amide bonds. The number of amides is 1. The molecule has 1 fully saturated rings. The summed E-state index contributed by atoms with van der Waals surface area (Å²) in [6, 6.07) is 7.56. The number of aromatic nitrogens is 3. The number of hydrogen-bond donors (Lipinski definition) is 1. The van der Waals surface area contributed by atoms with Gasteiger partial charge in [-0.25, -0.2) is 4.68 Å². The van der Waals surface area contributed by atoms with E-state index in [0.717, 1.165) is 50.8 Å². The Morgan fingerprint density at radius 3 is 2.89 bits per heavy atom. The Morgan fingerprint density at radius 2 is 2.04 bits per heavy atom. The highest BCUT2D eigenvalue weighted by Gasteiger charge is 2.22. The fourth-order valence-corrected chi connectivity index (χ4v) is 3.27. The first-order valence-corrected chi connectivity index (χ1v) is 9.65. The van der Waals surface area contributed by atoms with Crippen LogP contribution in [0.4, 0.5) is 0 Å². The quantitative estimate of drug-likeness (QED) is 0.695. The molecule has 0 spiro atoms.